The summed E-state index contributed by atoms with van der Waals surface area (Å²) in [6.45, 7) is 6.44. The second-order valence-corrected chi connectivity index (χ2v) is 5.63. The van der Waals surface area contributed by atoms with E-state index in [4.69, 9.17) is 0 Å². The third-order valence-corrected chi connectivity index (χ3v) is 4.65. The van der Waals surface area contributed by atoms with Crippen LogP contribution in [0.3, 0.4) is 0 Å². The van der Waals surface area contributed by atoms with Gasteiger partial charge >= 0.3 is 0 Å². The highest BCUT2D eigenvalue weighted by atomic mass is 35.5. The van der Waals surface area contributed by atoms with Crippen molar-refractivity contribution in [2.75, 3.05) is 13.1 Å². The first-order valence-corrected chi connectivity index (χ1v) is 7.00. The number of fused-ring (bicyclic) bond motifs is 1. The molecular formula is C14H26ClNO. The van der Waals surface area contributed by atoms with Crippen molar-refractivity contribution < 1.29 is 4.79 Å². The number of nitrogens with one attached hydrogen (secondary N) is 1. The highest BCUT2D eigenvalue weighted by Gasteiger charge is 2.47. The molecule has 2 aliphatic rings. The van der Waals surface area contributed by atoms with Gasteiger partial charge in [0.1, 0.15) is 5.78 Å². The molecule has 0 spiro atoms. The van der Waals surface area contributed by atoms with E-state index in [0.29, 0.717) is 29.5 Å². The van der Waals surface area contributed by atoms with Gasteiger partial charge in [-0.3, -0.25) is 4.79 Å². The normalized spacial score (nSPS) is 36.5. The van der Waals surface area contributed by atoms with Gasteiger partial charge in [-0.1, -0.05) is 26.7 Å². The predicted molar refractivity (Wildman–Crippen MR) is 73.5 cm³/mol. The molecule has 1 N–H and O–H groups in total. The lowest BCUT2D eigenvalue weighted by Crippen LogP contribution is -2.30. The van der Waals surface area contributed by atoms with Crippen molar-refractivity contribution in [3.63, 3.8) is 0 Å². The fourth-order valence-electron chi connectivity index (χ4n) is 3.70. The van der Waals surface area contributed by atoms with Crippen LogP contribution in [-0.4, -0.2) is 18.9 Å². The number of rotatable bonds is 4. The van der Waals surface area contributed by atoms with Crippen molar-refractivity contribution >= 4 is 18.2 Å². The Morgan fingerprint density at radius 3 is 2.65 bits per heavy atom. The third kappa shape index (κ3) is 3.03. The minimum Gasteiger partial charge on any atom is -0.316 e. The molecule has 2 fully saturated rings. The summed E-state index contributed by atoms with van der Waals surface area (Å²) < 4.78 is 0. The number of halogens is 1. The number of ketones is 1. The Hall–Kier alpha value is -0.0800. The first kappa shape index (κ1) is 15.0. The maximum absolute atomic E-state index is 12.3. The predicted octanol–water partition coefficient (Wildman–Crippen LogP) is 3.05. The summed E-state index contributed by atoms with van der Waals surface area (Å²) >= 11 is 0. The van der Waals surface area contributed by atoms with Crippen LogP contribution < -0.4 is 5.32 Å². The summed E-state index contributed by atoms with van der Waals surface area (Å²) in [6.07, 6.45) is 6.23. The largest absolute Gasteiger partial charge is 0.316 e. The molecule has 4 atom stereocenters. The van der Waals surface area contributed by atoms with Gasteiger partial charge in [0.25, 0.3) is 0 Å². The topological polar surface area (TPSA) is 29.1 Å². The van der Waals surface area contributed by atoms with E-state index in [1.807, 2.05) is 0 Å². The van der Waals surface area contributed by atoms with Crippen LogP contribution in [0.5, 0.6) is 0 Å². The zero-order valence-electron chi connectivity index (χ0n) is 11.1. The molecule has 0 bridgehead atoms. The van der Waals surface area contributed by atoms with Crippen LogP contribution >= 0.6 is 12.4 Å². The molecule has 0 heterocycles. The number of Topliss-reactive ketones (excluding diaryl/α,β-unsaturated/α-hetero) is 1. The van der Waals surface area contributed by atoms with E-state index in [0.717, 1.165) is 25.9 Å². The van der Waals surface area contributed by atoms with E-state index in [1.54, 1.807) is 0 Å². The monoisotopic (exact) mass is 259 g/mol. The molecule has 2 nitrogen and oxygen atoms in total. The minimum absolute atomic E-state index is 0. The smallest absolute Gasteiger partial charge is 0.140 e. The van der Waals surface area contributed by atoms with E-state index in [2.05, 4.69) is 19.2 Å². The fourth-order valence-corrected chi connectivity index (χ4v) is 3.70. The highest BCUT2D eigenvalue weighted by Crippen LogP contribution is 2.46. The average Bonchev–Trinajstić information content (AvgIpc) is 2.55. The molecule has 0 aromatic heterocycles. The van der Waals surface area contributed by atoms with Gasteiger partial charge in [0.15, 0.2) is 0 Å². The quantitative estimate of drug-likeness (QED) is 0.787. The summed E-state index contributed by atoms with van der Waals surface area (Å²) in [4.78, 5) is 12.3. The van der Waals surface area contributed by atoms with E-state index in [1.165, 1.54) is 19.3 Å². The van der Waals surface area contributed by atoms with Gasteiger partial charge in [-0.05, 0) is 37.6 Å². The molecule has 0 saturated heterocycles. The van der Waals surface area contributed by atoms with Gasteiger partial charge in [-0.25, -0.2) is 0 Å². The molecule has 3 heteroatoms. The van der Waals surface area contributed by atoms with Crippen LogP contribution in [0.4, 0.5) is 0 Å². The van der Waals surface area contributed by atoms with Crippen molar-refractivity contribution in [1.82, 2.24) is 5.32 Å². The Balaban J connectivity index is 0.00000144. The van der Waals surface area contributed by atoms with Gasteiger partial charge < -0.3 is 5.32 Å². The van der Waals surface area contributed by atoms with Crippen molar-refractivity contribution in [3.05, 3.63) is 0 Å². The van der Waals surface area contributed by atoms with E-state index >= 15 is 0 Å². The van der Waals surface area contributed by atoms with E-state index in [9.17, 15) is 4.79 Å². The molecule has 0 amide bonds. The summed E-state index contributed by atoms with van der Waals surface area (Å²) in [7, 11) is 0. The van der Waals surface area contributed by atoms with Crippen LogP contribution in [0, 0.1) is 23.7 Å². The van der Waals surface area contributed by atoms with Gasteiger partial charge in [0.05, 0.1) is 0 Å². The van der Waals surface area contributed by atoms with Crippen LogP contribution in [0.2, 0.25) is 0 Å². The molecule has 0 radical (unpaired) electrons. The molecule has 17 heavy (non-hydrogen) atoms. The lowest BCUT2D eigenvalue weighted by Gasteiger charge is -2.26. The molecule has 2 rings (SSSR count). The van der Waals surface area contributed by atoms with E-state index < -0.39 is 0 Å². The number of carbonyl (C=O) groups is 1. The summed E-state index contributed by atoms with van der Waals surface area (Å²) in [6, 6.07) is 0. The summed E-state index contributed by atoms with van der Waals surface area (Å²) in [5.41, 5.74) is 0. The molecular weight excluding hydrogens is 234 g/mol. The molecule has 0 aliphatic heterocycles. The lowest BCUT2D eigenvalue weighted by molar-refractivity contribution is -0.124. The van der Waals surface area contributed by atoms with Gasteiger partial charge in [-0.2, -0.15) is 0 Å². The van der Waals surface area contributed by atoms with Crippen molar-refractivity contribution in [3.8, 4) is 0 Å². The maximum atomic E-state index is 12.3. The van der Waals surface area contributed by atoms with Crippen LogP contribution in [0.25, 0.3) is 0 Å². The molecule has 100 valence electrons. The maximum Gasteiger partial charge on any atom is 0.140 e. The Morgan fingerprint density at radius 1 is 1.29 bits per heavy atom. The second kappa shape index (κ2) is 6.75. The molecule has 4 unspecified atom stereocenters. The number of hydrogen-bond donors (Lipinski definition) is 1. The van der Waals surface area contributed by atoms with E-state index in [-0.39, 0.29) is 12.4 Å². The number of carbonyl (C=O) groups excluding carboxylic acids is 1. The van der Waals surface area contributed by atoms with Crippen molar-refractivity contribution in [2.24, 2.45) is 23.7 Å². The highest BCUT2D eigenvalue weighted by molar-refractivity contribution is 5.86. The summed E-state index contributed by atoms with van der Waals surface area (Å²) in [5.74, 6) is 2.61. The lowest BCUT2D eigenvalue weighted by atomic mass is 9.78. The van der Waals surface area contributed by atoms with Crippen molar-refractivity contribution in [1.29, 1.82) is 0 Å². The second-order valence-electron chi connectivity index (χ2n) is 5.63. The van der Waals surface area contributed by atoms with Crippen LogP contribution in [0.15, 0.2) is 0 Å². The zero-order valence-corrected chi connectivity index (χ0v) is 11.9. The first-order valence-electron chi connectivity index (χ1n) is 7.00. The molecule has 2 saturated carbocycles. The Labute approximate surface area is 111 Å². The zero-order chi connectivity index (χ0) is 11.5. The van der Waals surface area contributed by atoms with Gasteiger partial charge in [0.2, 0.25) is 0 Å². The fraction of sp³-hybridized carbons (Fsp3) is 0.929. The first-order chi connectivity index (χ1) is 7.75. The Morgan fingerprint density at radius 2 is 2.00 bits per heavy atom. The standard InChI is InChI=1S/C14H25NO.ClH/c1-3-8-15-9-13-10(2)11-6-4-5-7-12(11)14(13)16;/h10-13,15H,3-9H2,1-2H3;1H. The SMILES string of the molecule is CCCNCC1C(=O)C2CCCCC2C1C.Cl. The molecule has 2 aliphatic carbocycles. The Kier molecular flexibility index (Phi) is 5.94. The third-order valence-electron chi connectivity index (χ3n) is 4.65. The molecule has 0 aromatic carbocycles. The van der Waals surface area contributed by atoms with Gasteiger partial charge in [-0.15, -0.1) is 12.4 Å². The molecule has 0 aromatic rings. The minimum atomic E-state index is 0. The van der Waals surface area contributed by atoms with Crippen molar-refractivity contribution in [2.45, 2.75) is 46.0 Å². The van der Waals surface area contributed by atoms with Crippen LogP contribution in [0.1, 0.15) is 46.0 Å². The Bertz CT molecular complexity index is 257. The summed E-state index contributed by atoms with van der Waals surface area (Å²) in [5, 5.41) is 3.43. The average molecular weight is 260 g/mol. The van der Waals surface area contributed by atoms with Gasteiger partial charge in [0, 0.05) is 18.4 Å². The number of hydrogen-bond acceptors (Lipinski definition) is 2. The van der Waals surface area contributed by atoms with Crippen LogP contribution in [-0.2, 0) is 4.79 Å².